The van der Waals surface area contributed by atoms with Gasteiger partial charge in [0, 0.05) is 72.0 Å². The lowest BCUT2D eigenvalue weighted by Crippen LogP contribution is -2.72. The Morgan fingerprint density at radius 3 is 1.68 bits per heavy atom. The Bertz CT molecular complexity index is 1150. The Labute approximate surface area is 240 Å². The molecule has 0 aliphatic carbocycles. The maximum absolute atomic E-state index is 13.9. The van der Waals surface area contributed by atoms with Gasteiger partial charge in [-0.25, -0.2) is 27.7 Å². The predicted molar refractivity (Wildman–Crippen MR) is 164 cm³/mol. The van der Waals surface area contributed by atoms with E-state index in [4.69, 9.17) is 9.03 Å². The highest BCUT2D eigenvalue weighted by Gasteiger charge is 2.57. The molecule has 13 heteroatoms. The molecule has 9 nitrogen and oxygen atoms in total. The molecule has 222 valence electrons. The fourth-order valence-corrected chi connectivity index (χ4v) is 24.6. The molecule has 1 unspecified atom stereocenters. The van der Waals surface area contributed by atoms with Gasteiger partial charge in [0.2, 0.25) is 7.51 Å². The Kier molecular flexibility index (Phi) is 8.23. The van der Waals surface area contributed by atoms with Gasteiger partial charge in [-0.1, -0.05) is 12.1 Å². The van der Waals surface area contributed by atoms with E-state index in [2.05, 4.69) is 39.6 Å². The Morgan fingerprint density at radius 2 is 1.15 bits per heavy atom. The Balaban J connectivity index is 1.50. The largest absolute Gasteiger partial charge is 0.361 e. The van der Waals surface area contributed by atoms with Gasteiger partial charge in [0.25, 0.3) is 0 Å². The zero-order chi connectivity index (χ0) is 27.2. The second-order valence-electron chi connectivity index (χ2n) is 12.3. The number of halogens is 1. The molecule has 1 aromatic rings. The van der Waals surface area contributed by atoms with Gasteiger partial charge < -0.3 is 0 Å². The minimum absolute atomic E-state index is 0.163. The first kappa shape index (κ1) is 28.4. The van der Waals surface area contributed by atoms with Crippen molar-refractivity contribution in [2.45, 2.75) is 64.3 Å². The average Bonchev–Trinajstić information content (AvgIpc) is 3.80. The van der Waals surface area contributed by atoms with Gasteiger partial charge >= 0.3 is 15.0 Å². The maximum Gasteiger partial charge on any atom is 0.361 e. The molecule has 6 aliphatic rings. The van der Waals surface area contributed by atoms with Crippen molar-refractivity contribution in [2.24, 2.45) is 9.03 Å². The predicted octanol–water partition coefficient (Wildman–Crippen LogP) is 5.28. The zero-order valence-corrected chi connectivity index (χ0v) is 26.9. The van der Waals surface area contributed by atoms with Crippen LogP contribution in [0.15, 0.2) is 33.3 Å². The molecule has 0 amide bonds. The Morgan fingerprint density at radius 1 is 0.650 bits per heavy atom. The van der Waals surface area contributed by atoms with Crippen LogP contribution in [0.25, 0.3) is 0 Å². The van der Waals surface area contributed by atoms with Crippen LogP contribution in [0.5, 0.6) is 0 Å². The summed E-state index contributed by atoms with van der Waals surface area (Å²) in [5, 5.41) is 0. The fraction of sp³-hybridized carbons (Fsp3) is 0.778. The number of rotatable bonds is 6. The molecule has 0 bridgehead atoms. The molecule has 1 aromatic carbocycles. The maximum atomic E-state index is 13.9. The van der Waals surface area contributed by atoms with E-state index in [0.717, 1.165) is 78.4 Å². The van der Waals surface area contributed by atoms with E-state index in [9.17, 15) is 4.39 Å². The Hall–Kier alpha value is -0.400. The first-order valence-electron chi connectivity index (χ1n) is 15.7. The van der Waals surface area contributed by atoms with Gasteiger partial charge in [-0.3, -0.25) is 0 Å². The third kappa shape index (κ3) is 4.88. The van der Waals surface area contributed by atoms with Crippen LogP contribution in [-0.2, 0) is 6.54 Å². The molecule has 1 spiro atoms. The smallest absolute Gasteiger partial charge is 0.239 e. The summed E-state index contributed by atoms with van der Waals surface area (Å²) in [6, 6.07) is 7.18. The molecule has 6 heterocycles. The topological polar surface area (TPSA) is 58.1 Å². The summed E-state index contributed by atoms with van der Waals surface area (Å²) in [7, 11) is -4.52. The van der Waals surface area contributed by atoms with Gasteiger partial charge in [0.15, 0.2) is 0 Å². The fourth-order valence-electron chi connectivity index (χ4n) is 7.51. The first-order valence-corrected chi connectivity index (χ1v) is 20.6. The van der Waals surface area contributed by atoms with E-state index < -0.39 is 22.5 Å². The van der Waals surface area contributed by atoms with Crippen molar-refractivity contribution >= 4 is 22.5 Å². The summed E-state index contributed by atoms with van der Waals surface area (Å²) in [6.07, 6.45) is 11.2. The number of nitrogens with one attached hydrogen (secondary N) is 1. The van der Waals surface area contributed by atoms with Crippen LogP contribution >= 0.6 is 22.5 Å². The highest BCUT2D eigenvalue weighted by atomic mass is 31.3. The van der Waals surface area contributed by atoms with Gasteiger partial charge in [0.05, 0.1) is 0 Å². The van der Waals surface area contributed by atoms with E-state index in [1.54, 1.807) is 12.1 Å². The summed E-state index contributed by atoms with van der Waals surface area (Å²) in [5.74, 6) is -0.163. The molecule has 40 heavy (non-hydrogen) atoms. The SMILES string of the molecule is CN1CCCN(Cc2ccc(F)cc2)P12=[NH+]P(N1CCCC1)(N1CCCC1)=NP(N1CCCC1)(N1CCCC1)=N2. The van der Waals surface area contributed by atoms with Crippen LogP contribution in [0.1, 0.15) is 63.4 Å². The van der Waals surface area contributed by atoms with E-state index in [-0.39, 0.29) is 5.82 Å². The number of hydrogen-bond donors (Lipinski definition) is 1. The van der Waals surface area contributed by atoms with Crippen molar-refractivity contribution in [1.29, 1.82) is 0 Å². The molecule has 1 atom stereocenters. The van der Waals surface area contributed by atoms with Gasteiger partial charge in [-0.2, -0.15) is 9.19 Å². The molecule has 6 aliphatic heterocycles. The van der Waals surface area contributed by atoms with Crippen LogP contribution in [0, 0.1) is 5.82 Å². The molecule has 5 fully saturated rings. The standard InChI is InChI=1S/C27H47FN9P3/c1-32-15-10-24-37(25-26-11-13-27(28)14-12-26)38(32)29-39(33-16-2-3-17-33,34-18-4-5-19-34)31-40(30-38,35-20-6-7-21-35)36-22-8-9-23-36/h11-14H,2-10,15-25H2,1H3/p+1. The van der Waals surface area contributed by atoms with Gasteiger partial charge in [0.1, 0.15) is 5.82 Å². The monoisotopic (exact) mass is 610 g/mol. The molecule has 0 aromatic heterocycles. The van der Waals surface area contributed by atoms with Gasteiger partial charge in [-0.05, 0) is 82.5 Å². The molecule has 0 saturated carbocycles. The number of nitrogens with zero attached hydrogens (tertiary/aromatic N) is 8. The van der Waals surface area contributed by atoms with E-state index >= 15 is 0 Å². The lowest BCUT2D eigenvalue weighted by atomic mass is 10.2. The second-order valence-corrected chi connectivity index (χ2v) is 21.4. The van der Waals surface area contributed by atoms with Crippen molar-refractivity contribution in [3.05, 3.63) is 35.6 Å². The summed E-state index contributed by atoms with van der Waals surface area (Å²) in [4.78, 5) is 0. The first-order chi connectivity index (χ1) is 19.5. The quantitative estimate of drug-likeness (QED) is 0.443. The summed E-state index contributed by atoms with van der Waals surface area (Å²) in [5.41, 5.74) is 1.17. The second kappa shape index (κ2) is 11.6. The highest BCUT2D eigenvalue weighted by molar-refractivity contribution is 7.78. The molecule has 0 radical (unpaired) electrons. The van der Waals surface area contributed by atoms with Crippen LogP contribution in [0.4, 0.5) is 4.39 Å². The van der Waals surface area contributed by atoms with Crippen molar-refractivity contribution in [2.75, 3.05) is 72.5 Å². The summed E-state index contributed by atoms with van der Waals surface area (Å²) >= 11 is 0. The normalized spacial score (nSPS) is 32.5. The molecular weight excluding hydrogens is 562 g/mol. The van der Waals surface area contributed by atoms with Crippen LogP contribution < -0.4 is 4.52 Å². The lowest BCUT2D eigenvalue weighted by Gasteiger charge is -2.48. The van der Waals surface area contributed by atoms with Gasteiger partial charge in [-0.15, -0.1) is 9.03 Å². The molecule has 5 saturated heterocycles. The summed E-state index contributed by atoms with van der Waals surface area (Å²) in [6.45, 7) is 11.9. The highest BCUT2D eigenvalue weighted by Crippen LogP contribution is 2.77. The van der Waals surface area contributed by atoms with Crippen molar-refractivity contribution in [1.82, 2.24) is 28.0 Å². The van der Waals surface area contributed by atoms with Crippen LogP contribution in [0.2, 0.25) is 0 Å². The van der Waals surface area contributed by atoms with Crippen LogP contribution in [0.3, 0.4) is 0 Å². The third-order valence-corrected chi connectivity index (χ3v) is 22.7. The minimum atomic E-state index is -2.33. The average molecular weight is 611 g/mol. The van der Waals surface area contributed by atoms with E-state index in [1.807, 2.05) is 12.1 Å². The number of benzene rings is 1. The summed E-state index contributed by atoms with van der Waals surface area (Å²) < 4.78 is 47.4. The van der Waals surface area contributed by atoms with Crippen LogP contribution in [-0.4, -0.2) is 101 Å². The lowest BCUT2D eigenvalue weighted by molar-refractivity contribution is -0.274. The van der Waals surface area contributed by atoms with E-state index in [0.29, 0.717) is 0 Å². The molecule has 1 N–H and O–H groups in total. The zero-order valence-electron chi connectivity index (χ0n) is 24.2. The van der Waals surface area contributed by atoms with Crippen molar-refractivity contribution in [3.8, 4) is 0 Å². The van der Waals surface area contributed by atoms with Crippen molar-refractivity contribution < 1.29 is 8.91 Å². The minimum Gasteiger partial charge on any atom is -0.239 e. The molecular formula is C27H48FN9P3+. The van der Waals surface area contributed by atoms with E-state index in [1.165, 1.54) is 56.9 Å². The number of hydrogen-bond acceptors (Lipinski definition) is 8. The van der Waals surface area contributed by atoms with Crippen molar-refractivity contribution in [3.63, 3.8) is 0 Å². The molecule has 7 rings (SSSR count). The third-order valence-electron chi connectivity index (χ3n) is 9.68.